The van der Waals surface area contributed by atoms with Gasteiger partial charge in [0.25, 0.3) is 5.56 Å². The predicted octanol–water partition coefficient (Wildman–Crippen LogP) is 3.79. The van der Waals surface area contributed by atoms with Crippen LogP contribution in [0.2, 0.25) is 0 Å². The van der Waals surface area contributed by atoms with Crippen LogP contribution in [-0.2, 0) is 22.5 Å². The van der Waals surface area contributed by atoms with E-state index in [9.17, 15) is 4.79 Å². The van der Waals surface area contributed by atoms with Crippen LogP contribution >= 0.6 is 23.1 Å². The van der Waals surface area contributed by atoms with Crippen LogP contribution in [0.15, 0.2) is 40.3 Å². The van der Waals surface area contributed by atoms with Gasteiger partial charge in [-0.3, -0.25) is 9.36 Å². The Bertz CT molecular complexity index is 1070. The van der Waals surface area contributed by atoms with E-state index in [1.807, 2.05) is 30.3 Å². The Morgan fingerprint density at radius 2 is 2.11 bits per heavy atom. The first-order valence-electron chi connectivity index (χ1n) is 9.03. The van der Waals surface area contributed by atoms with Crippen LogP contribution in [0, 0.1) is 0 Å². The molecule has 2 aliphatic rings. The molecule has 27 heavy (non-hydrogen) atoms. The molecule has 0 unspecified atom stereocenters. The molecule has 4 heterocycles. The summed E-state index contributed by atoms with van der Waals surface area (Å²) in [5.74, 6) is 0.812. The molecule has 1 fully saturated rings. The molecule has 1 aromatic carbocycles. The van der Waals surface area contributed by atoms with Gasteiger partial charge in [-0.05, 0) is 31.5 Å². The van der Waals surface area contributed by atoms with E-state index < -0.39 is 0 Å². The summed E-state index contributed by atoms with van der Waals surface area (Å²) >= 11 is 3.18. The van der Waals surface area contributed by atoms with Crippen molar-refractivity contribution < 1.29 is 9.47 Å². The van der Waals surface area contributed by atoms with E-state index in [0.29, 0.717) is 6.61 Å². The monoisotopic (exact) mass is 400 g/mol. The van der Waals surface area contributed by atoms with Crippen LogP contribution in [0.4, 0.5) is 0 Å². The quantitative estimate of drug-likeness (QED) is 0.379. The number of nitrogens with zero attached hydrogens (tertiary/aromatic N) is 2. The summed E-state index contributed by atoms with van der Waals surface area (Å²) in [6.45, 7) is 5.49. The molecule has 0 aliphatic carbocycles. The number of hydrogen-bond acceptors (Lipinski definition) is 6. The summed E-state index contributed by atoms with van der Waals surface area (Å²) in [5, 5.41) is 1.48. The highest BCUT2D eigenvalue weighted by Gasteiger charge is 2.32. The summed E-state index contributed by atoms with van der Waals surface area (Å²) in [6, 6.07) is 9.77. The molecule has 1 atom stereocenters. The first kappa shape index (κ1) is 17.4. The highest BCUT2D eigenvalue weighted by Crippen LogP contribution is 2.38. The van der Waals surface area contributed by atoms with E-state index in [2.05, 4.69) is 13.8 Å². The summed E-state index contributed by atoms with van der Waals surface area (Å²) in [6.07, 6.45) is 1.01. The minimum atomic E-state index is -0.262. The van der Waals surface area contributed by atoms with E-state index in [0.717, 1.165) is 50.3 Å². The second-order valence-electron chi connectivity index (χ2n) is 7.55. The molecule has 0 N–H and O–H groups in total. The number of para-hydroxylation sites is 1. The van der Waals surface area contributed by atoms with E-state index in [1.54, 1.807) is 27.7 Å². The van der Waals surface area contributed by atoms with Crippen molar-refractivity contribution in [3.63, 3.8) is 0 Å². The van der Waals surface area contributed by atoms with Crippen molar-refractivity contribution in [2.75, 3.05) is 12.4 Å². The molecular formula is C20H20N2O3S2. The highest BCUT2D eigenvalue weighted by atomic mass is 32.2. The average Bonchev–Trinajstić information content (AvgIpc) is 3.40. The second-order valence-corrected chi connectivity index (χ2v) is 9.62. The van der Waals surface area contributed by atoms with Gasteiger partial charge in [0.1, 0.15) is 4.83 Å². The Kier molecular flexibility index (Phi) is 4.16. The Balaban J connectivity index is 1.72. The zero-order valence-corrected chi connectivity index (χ0v) is 16.9. The molecule has 5 nitrogen and oxygen atoms in total. The van der Waals surface area contributed by atoms with Crippen molar-refractivity contribution in [3.8, 4) is 5.69 Å². The summed E-state index contributed by atoms with van der Waals surface area (Å²) in [7, 11) is 0. The molecule has 2 aromatic heterocycles. The summed E-state index contributed by atoms with van der Waals surface area (Å²) < 4.78 is 13.0. The first-order valence-corrected chi connectivity index (χ1v) is 10.8. The molecule has 7 heteroatoms. The smallest absolute Gasteiger partial charge is 0.267 e. The fourth-order valence-corrected chi connectivity index (χ4v) is 5.56. The van der Waals surface area contributed by atoms with Crippen LogP contribution in [0.3, 0.4) is 0 Å². The van der Waals surface area contributed by atoms with Gasteiger partial charge in [-0.2, -0.15) is 0 Å². The van der Waals surface area contributed by atoms with Crippen LogP contribution in [0.1, 0.15) is 24.3 Å². The molecule has 0 spiro atoms. The van der Waals surface area contributed by atoms with Gasteiger partial charge in [-0.25, -0.2) is 4.98 Å². The number of fused-ring (bicyclic) bond motifs is 3. The summed E-state index contributed by atoms with van der Waals surface area (Å²) in [4.78, 5) is 20.4. The number of thiophene rings is 1. The maximum atomic E-state index is 13.6. The van der Waals surface area contributed by atoms with Crippen LogP contribution in [0.25, 0.3) is 15.9 Å². The van der Waals surface area contributed by atoms with E-state index in [-0.39, 0.29) is 17.3 Å². The molecule has 0 bridgehead atoms. The third-order valence-electron chi connectivity index (χ3n) is 4.89. The number of benzene rings is 1. The van der Waals surface area contributed by atoms with Gasteiger partial charge in [-0.1, -0.05) is 30.0 Å². The lowest BCUT2D eigenvalue weighted by atomic mass is 9.94. The van der Waals surface area contributed by atoms with Gasteiger partial charge in [0.2, 0.25) is 0 Å². The maximum Gasteiger partial charge on any atom is 0.267 e. The molecule has 1 saturated heterocycles. The Labute approximate surface area is 165 Å². The first-order chi connectivity index (χ1) is 13.0. The fraction of sp³-hybridized carbons (Fsp3) is 0.400. The van der Waals surface area contributed by atoms with Gasteiger partial charge in [0.05, 0.1) is 36.0 Å². The minimum Gasteiger partial charge on any atom is -0.372 e. The zero-order valence-electron chi connectivity index (χ0n) is 15.2. The number of aromatic nitrogens is 2. The van der Waals surface area contributed by atoms with Crippen molar-refractivity contribution >= 4 is 33.3 Å². The third kappa shape index (κ3) is 3.23. The lowest BCUT2D eigenvalue weighted by molar-refractivity contribution is -0.0379. The Morgan fingerprint density at radius 3 is 2.85 bits per heavy atom. The molecule has 0 amide bonds. The minimum absolute atomic E-state index is 0.0145. The number of ether oxygens (including phenoxy) is 2. The predicted molar refractivity (Wildman–Crippen MR) is 108 cm³/mol. The van der Waals surface area contributed by atoms with E-state index >= 15 is 0 Å². The van der Waals surface area contributed by atoms with Crippen molar-refractivity contribution in [2.45, 2.75) is 43.7 Å². The molecule has 140 valence electrons. The van der Waals surface area contributed by atoms with Crippen molar-refractivity contribution in [1.82, 2.24) is 9.55 Å². The molecule has 0 saturated carbocycles. The van der Waals surface area contributed by atoms with Crippen LogP contribution in [0.5, 0.6) is 0 Å². The van der Waals surface area contributed by atoms with E-state index in [4.69, 9.17) is 14.5 Å². The highest BCUT2D eigenvalue weighted by molar-refractivity contribution is 7.99. The lowest BCUT2D eigenvalue weighted by Crippen LogP contribution is -2.32. The van der Waals surface area contributed by atoms with E-state index in [1.165, 1.54) is 0 Å². The maximum absolute atomic E-state index is 13.6. The topological polar surface area (TPSA) is 56.7 Å². The molecular weight excluding hydrogens is 380 g/mol. The lowest BCUT2D eigenvalue weighted by Gasteiger charge is -2.29. The normalized spacial score (nSPS) is 20.6. The summed E-state index contributed by atoms with van der Waals surface area (Å²) in [5.41, 5.74) is 1.71. The average molecular weight is 401 g/mol. The number of epoxide rings is 1. The zero-order chi connectivity index (χ0) is 18.6. The van der Waals surface area contributed by atoms with Gasteiger partial charge >= 0.3 is 0 Å². The molecule has 5 rings (SSSR count). The van der Waals surface area contributed by atoms with Gasteiger partial charge < -0.3 is 9.47 Å². The van der Waals surface area contributed by atoms with Crippen molar-refractivity contribution in [1.29, 1.82) is 0 Å². The van der Waals surface area contributed by atoms with Crippen LogP contribution in [-0.4, -0.2) is 33.6 Å². The van der Waals surface area contributed by atoms with Crippen molar-refractivity contribution in [3.05, 3.63) is 51.1 Å². The Morgan fingerprint density at radius 1 is 1.33 bits per heavy atom. The van der Waals surface area contributed by atoms with Crippen molar-refractivity contribution in [2.24, 2.45) is 0 Å². The van der Waals surface area contributed by atoms with Gasteiger partial charge in [-0.15, -0.1) is 11.3 Å². The third-order valence-corrected chi connectivity index (χ3v) is 7.06. The standard InChI is InChI=1S/C20H20N2O3S2/c1-20(2)8-14-15(10-25-20)27-17-16(14)18(23)22(12-6-4-3-5-7-12)19(21-17)26-11-13-9-24-13/h3-7,13H,8-11H2,1-2H3/t13-/m0/s1. The number of thioether (sulfide) groups is 1. The largest absolute Gasteiger partial charge is 0.372 e. The van der Waals surface area contributed by atoms with Crippen LogP contribution < -0.4 is 5.56 Å². The molecule has 3 aromatic rings. The van der Waals surface area contributed by atoms with Gasteiger partial charge in [0, 0.05) is 17.1 Å². The molecule has 0 radical (unpaired) electrons. The number of rotatable bonds is 4. The SMILES string of the molecule is CC1(C)Cc2c(sc3nc(SC[C@@H]4CO4)n(-c4ccccc4)c(=O)c23)CO1. The fourth-order valence-electron chi connectivity index (χ4n) is 3.41. The Hall–Kier alpha value is -1.67. The molecule has 2 aliphatic heterocycles. The second kappa shape index (κ2) is 6.44. The number of hydrogen-bond donors (Lipinski definition) is 0. The van der Waals surface area contributed by atoms with Gasteiger partial charge in [0.15, 0.2) is 5.16 Å².